The Balaban J connectivity index is 1.81. The third kappa shape index (κ3) is 8.98. The summed E-state index contributed by atoms with van der Waals surface area (Å²) >= 11 is 6.57. The van der Waals surface area contributed by atoms with E-state index in [2.05, 4.69) is 19.2 Å². The average Bonchev–Trinajstić information content (AvgIpc) is 3.05. The highest BCUT2D eigenvalue weighted by molar-refractivity contribution is 7.92. The summed E-state index contributed by atoms with van der Waals surface area (Å²) in [5, 5.41) is 3.44. The van der Waals surface area contributed by atoms with Crippen LogP contribution in [0.4, 0.5) is 5.69 Å². The number of carbonyl (C=O) groups excluding carboxylic acids is 2. The Bertz CT molecular complexity index is 1700. The zero-order valence-corrected chi connectivity index (χ0v) is 28.3. The van der Waals surface area contributed by atoms with Gasteiger partial charge in [0, 0.05) is 24.5 Å². The third-order valence-corrected chi connectivity index (χ3v) is 9.87. The molecular formula is C37H42ClN3O4S. The maximum Gasteiger partial charge on any atom is 0.264 e. The van der Waals surface area contributed by atoms with E-state index in [1.165, 1.54) is 17.0 Å². The van der Waals surface area contributed by atoms with E-state index in [4.69, 9.17) is 11.6 Å². The van der Waals surface area contributed by atoms with Crippen LogP contribution in [0.3, 0.4) is 0 Å². The maximum atomic E-state index is 14.6. The Labute approximate surface area is 278 Å². The van der Waals surface area contributed by atoms with Gasteiger partial charge in [-0.05, 0) is 58.9 Å². The highest BCUT2D eigenvalue weighted by Crippen LogP contribution is 2.27. The van der Waals surface area contributed by atoms with Crippen molar-refractivity contribution in [3.8, 4) is 0 Å². The first kappa shape index (κ1) is 34.7. The van der Waals surface area contributed by atoms with Crippen LogP contribution in [0.15, 0.2) is 114 Å². The Morgan fingerprint density at radius 2 is 1.37 bits per heavy atom. The zero-order chi connectivity index (χ0) is 33.3. The molecular weight excluding hydrogens is 618 g/mol. The van der Waals surface area contributed by atoms with Gasteiger partial charge in [0.1, 0.15) is 12.6 Å². The molecule has 1 atom stereocenters. The summed E-state index contributed by atoms with van der Waals surface area (Å²) in [6.45, 7) is 8.02. The molecule has 242 valence electrons. The topological polar surface area (TPSA) is 86.8 Å². The smallest absolute Gasteiger partial charge is 0.264 e. The maximum absolute atomic E-state index is 14.6. The number of rotatable bonds is 14. The van der Waals surface area contributed by atoms with E-state index in [1.54, 1.807) is 48.5 Å². The quantitative estimate of drug-likeness (QED) is 0.157. The molecule has 0 aliphatic heterocycles. The fourth-order valence-corrected chi connectivity index (χ4v) is 6.69. The molecule has 1 N–H and O–H groups in total. The summed E-state index contributed by atoms with van der Waals surface area (Å²) < 4.78 is 29.4. The fourth-order valence-electron chi connectivity index (χ4n) is 5.06. The molecule has 0 aliphatic rings. The predicted molar refractivity (Wildman–Crippen MR) is 185 cm³/mol. The number of carbonyl (C=O) groups is 2. The first-order chi connectivity index (χ1) is 22.0. The fraction of sp³-hybridized carbons (Fsp3) is 0.297. The Hall–Kier alpha value is -4.14. The molecule has 7 nitrogen and oxygen atoms in total. The van der Waals surface area contributed by atoms with Gasteiger partial charge in [0.2, 0.25) is 11.8 Å². The normalized spacial score (nSPS) is 12.2. The Morgan fingerprint density at radius 3 is 1.96 bits per heavy atom. The largest absolute Gasteiger partial charge is 0.354 e. The number of amides is 2. The van der Waals surface area contributed by atoms with Crippen LogP contribution in [0, 0.1) is 5.92 Å². The van der Waals surface area contributed by atoms with E-state index in [1.807, 2.05) is 62.4 Å². The molecule has 0 fully saturated rings. The van der Waals surface area contributed by atoms with Gasteiger partial charge in [-0.15, -0.1) is 0 Å². The number of sulfonamides is 1. The lowest BCUT2D eigenvalue weighted by Gasteiger charge is -2.34. The number of benzene rings is 4. The van der Waals surface area contributed by atoms with Crippen LogP contribution in [0.1, 0.15) is 50.3 Å². The van der Waals surface area contributed by atoms with Gasteiger partial charge < -0.3 is 10.2 Å². The van der Waals surface area contributed by atoms with Crippen LogP contribution in [0.2, 0.25) is 5.02 Å². The van der Waals surface area contributed by atoms with Crippen molar-refractivity contribution in [3.05, 3.63) is 131 Å². The van der Waals surface area contributed by atoms with Crippen molar-refractivity contribution in [3.63, 3.8) is 0 Å². The number of halogens is 1. The van der Waals surface area contributed by atoms with Crippen LogP contribution in [-0.4, -0.2) is 44.3 Å². The minimum Gasteiger partial charge on any atom is -0.354 e. The summed E-state index contributed by atoms with van der Waals surface area (Å²) in [5.74, 6) is -0.428. The standard InChI is InChI=1S/C37H42ClN3O4S/c1-27(2)24-39-37(43)35(23-29-13-7-5-8-14-29)40(25-31-15-11-12-18-34(31)38)36(42)26-41(32-21-19-30(20-22-32)28(3)4)46(44,45)33-16-9-6-10-17-33/h5-22,27-28,35H,23-26H2,1-4H3,(H,39,43)/t35-/m1/s1. The summed E-state index contributed by atoms with van der Waals surface area (Å²) in [6.07, 6.45) is 0.232. The molecule has 0 aliphatic carbocycles. The minimum atomic E-state index is -4.16. The van der Waals surface area contributed by atoms with Gasteiger partial charge in [-0.1, -0.05) is 118 Å². The zero-order valence-electron chi connectivity index (χ0n) is 26.8. The second-order valence-electron chi connectivity index (χ2n) is 12.0. The summed E-state index contributed by atoms with van der Waals surface area (Å²) in [7, 11) is -4.16. The molecule has 0 bridgehead atoms. The first-order valence-electron chi connectivity index (χ1n) is 15.5. The van der Waals surface area contributed by atoms with Crippen molar-refractivity contribution in [1.82, 2.24) is 10.2 Å². The number of anilines is 1. The highest BCUT2D eigenvalue weighted by atomic mass is 35.5. The van der Waals surface area contributed by atoms with Gasteiger partial charge >= 0.3 is 0 Å². The van der Waals surface area contributed by atoms with Crippen LogP contribution >= 0.6 is 11.6 Å². The summed E-state index contributed by atoms with van der Waals surface area (Å²) in [4.78, 5) is 30.0. The predicted octanol–water partition coefficient (Wildman–Crippen LogP) is 7.07. The van der Waals surface area contributed by atoms with Crippen molar-refractivity contribution < 1.29 is 18.0 Å². The van der Waals surface area contributed by atoms with Crippen molar-refractivity contribution in [2.45, 2.75) is 57.5 Å². The summed E-state index contributed by atoms with van der Waals surface area (Å²) in [5.41, 5.74) is 2.90. The van der Waals surface area contributed by atoms with Crippen LogP contribution in [-0.2, 0) is 32.6 Å². The van der Waals surface area contributed by atoms with Crippen molar-refractivity contribution in [2.75, 3.05) is 17.4 Å². The van der Waals surface area contributed by atoms with Crippen molar-refractivity contribution in [1.29, 1.82) is 0 Å². The Kier molecular flexibility index (Phi) is 12.0. The number of hydrogen-bond acceptors (Lipinski definition) is 4. The lowest BCUT2D eigenvalue weighted by molar-refractivity contribution is -0.140. The lowest BCUT2D eigenvalue weighted by atomic mass is 10.0. The minimum absolute atomic E-state index is 0.0105. The van der Waals surface area contributed by atoms with Gasteiger partial charge in [0.15, 0.2) is 0 Å². The lowest BCUT2D eigenvalue weighted by Crippen LogP contribution is -2.53. The van der Waals surface area contributed by atoms with Crippen LogP contribution in [0.5, 0.6) is 0 Å². The van der Waals surface area contributed by atoms with Gasteiger partial charge in [-0.25, -0.2) is 8.42 Å². The molecule has 0 heterocycles. The average molecular weight is 660 g/mol. The van der Waals surface area contributed by atoms with Crippen molar-refractivity contribution in [2.24, 2.45) is 5.92 Å². The van der Waals surface area contributed by atoms with E-state index >= 15 is 0 Å². The second-order valence-corrected chi connectivity index (χ2v) is 14.3. The van der Waals surface area contributed by atoms with E-state index < -0.39 is 28.5 Å². The van der Waals surface area contributed by atoms with Crippen LogP contribution in [0.25, 0.3) is 0 Å². The molecule has 2 amide bonds. The number of nitrogens with one attached hydrogen (secondary N) is 1. The molecule has 4 aromatic carbocycles. The molecule has 0 radical (unpaired) electrons. The molecule has 0 saturated carbocycles. The monoisotopic (exact) mass is 659 g/mol. The number of nitrogens with zero attached hydrogens (tertiary/aromatic N) is 2. The van der Waals surface area contributed by atoms with Gasteiger partial charge in [-0.2, -0.15) is 0 Å². The molecule has 9 heteroatoms. The Morgan fingerprint density at radius 1 is 0.783 bits per heavy atom. The van der Waals surface area contributed by atoms with Gasteiger partial charge in [-0.3, -0.25) is 13.9 Å². The van der Waals surface area contributed by atoms with Gasteiger partial charge in [0.25, 0.3) is 10.0 Å². The molecule has 0 saturated heterocycles. The van der Waals surface area contributed by atoms with E-state index in [0.717, 1.165) is 15.4 Å². The molecule has 0 unspecified atom stereocenters. The molecule has 0 aromatic heterocycles. The third-order valence-electron chi connectivity index (χ3n) is 7.71. The molecule has 0 spiro atoms. The SMILES string of the molecule is CC(C)CNC(=O)[C@@H](Cc1ccccc1)N(Cc1ccccc1Cl)C(=O)CN(c1ccc(C(C)C)cc1)S(=O)(=O)c1ccccc1. The van der Waals surface area contributed by atoms with E-state index in [0.29, 0.717) is 22.8 Å². The molecule has 46 heavy (non-hydrogen) atoms. The highest BCUT2D eigenvalue weighted by Gasteiger charge is 2.35. The molecule has 4 aromatic rings. The van der Waals surface area contributed by atoms with E-state index in [9.17, 15) is 18.0 Å². The molecule has 4 rings (SSSR count). The van der Waals surface area contributed by atoms with E-state index in [-0.39, 0.29) is 35.6 Å². The van der Waals surface area contributed by atoms with Gasteiger partial charge in [0.05, 0.1) is 10.6 Å². The second kappa shape index (κ2) is 15.9. The first-order valence-corrected chi connectivity index (χ1v) is 17.3. The summed E-state index contributed by atoms with van der Waals surface area (Å²) in [6, 6.07) is 30.9. The number of hydrogen-bond donors (Lipinski definition) is 1. The van der Waals surface area contributed by atoms with Crippen LogP contribution < -0.4 is 9.62 Å². The van der Waals surface area contributed by atoms with Crippen molar-refractivity contribution >= 4 is 39.1 Å².